The molecule has 3 saturated heterocycles. The summed E-state index contributed by atoms with van der Waals surface area (Å²) in [4.78, 5) is 8.05. The average molecular weight is 309 g/mol. The molecule has 1 atom stereocenters. The van der Waals surface area contributed by atoms with Crippen molar-refractivity contribution in [3.05, 3.63) is 0 Å². The Balaban J connectivity index is 1.36. The third-order valence-corrected chi connectivity index (χ3v) is 5.65. The number of rotatable bonds is 5. The van der Waals surface area contributed by atoms with Gasteiger partial charge in [-0.15, -0.1) is 0 Å². The van der Waals surface area contributed by atoms with E-state index in [4.69, 9.17) is 4.74 Å². The third kappa shape index (κ3) is 5.48. The van der Waals surface area contributed by atoms with Gasteiger partial charge in [-0.05, 0) is 51.2 Å². The van der Waals surface area contributed by atoms with Gasteiger partial charge in [-0.2, -0.15) is 0 Å². The van der Waals surface area contributed by atoms with Crippen LogP contribution in [0.15, 0.2) is 0 Å². The third-order valence-electron chi connectivity index (χ3n) is 5.65. The van der Waals surface area contributed by atoms with Crippen LogP contribution in [0.1, 0.15) is 38.5 Å². The molecule has 22 heavy (non-hydrogen) atoms. The van der Waals surface area contributed by atoms with Crippen LogP contribution in [0.25, 0.3) is 0 Å². The van der Waals surface area contributed by atoms with Gasteiger partial charge in [-0.25, -0.2) is 0 Å². The van der Waals surface area contributed by atoms with Crippen molar-refractivity contribution in [2.45, 2.75) is 38.5 Å². The first-order chi connectivity index (χ1) is 10.9. The van der Waals surface area contributed by atoms with E-state index < -0.39 is 0 Å². The molecule has 0 aliphatic carbocycles. The molecule has 3 heterocycles. The fourth-order valence-corrected chi connectivity index (χ4v) is 4.29. The van der Waals surface area contributed by atoms with Crippen molar-refractivity contribution in [3.63, 3.8) is 0 Å². The van der Waals surface area contributed by atoms with Crippen molar-refractivity contribution in [2.75, 3.05) is 72.1 Å². The van der Waals surface area contributed by atoms with E-state index in [1.807, 2.05) is 0 Å². The van der Waals surface area contributed by atoms with Gasteiger partial charge in [0.15, 0.2) is 0 Å². The quantitative estimate of drug-likeness (QED) is 0.772. The molecule has 3 aliphatic heterocycles. The van der Waals surface area contributed by atoms with Crippen molar-refractivity contribution in [2.24, 2.45) is 5.92 Å². The first-order valence-electron chi connectivity index (χ1n) is 9.65. The lowest BCUT2D eigenvalue weighted by Gasteiger charge is -2.37. The zero-order valence-corrected chi connectivity index (χ0v) is 14.3. The van der Waals surface area contributed by atoms with Crippen molar-refractivity contribution >= 4 is 0 Å². The maximum atomic E-state index is 5.44. The zero-order valence-electron chi connectivity index (χ0n) is 14.3. The lowest BCUT2D eigenvalue weighted by molar-refractivity contribution is 0.0300. The molecule has 0 aromatic carbocycles. The monoisotopic (exact) mass is 309 g/mol. The molecule has 3 aliphatic rings. The largest absolute Gasteiger partial charge is 0.379 e. The van der Waals surface area contributed by atoms with Crippen LogP contribution in [-0.4, -0.2) is 86.8 Å². The summed E-state index contributed by atoms with van der Waals surface area (Å²) in [6.07, 6.45) is 8.60. The van der Waals surface area contributed by atoms with Gasteiger partial charge in [-0.1, -0.05) is 12.8 Å². The molecule has 0 bridgehead atoms. The van der Waals surface area contributed by atoms with Crippen molar-refractivity contribution in [3.8, 4) is 0 Å². The van der Waals surface area contributed by atoms with E-state index in [1.165, 1.54) is 84.3 Å². The number of likely N-dealkylation sites (tertiary alicyclic amines) is 2. The Kier molecular flexibility index (Phi) is 6.99. The Morgan fingerprint density at radius 2 is 1.36 bits per heavy atom. The highest BCUT2D eigenvalue weighted by Gasteiger charge is 2.23. The lowest BCUT2D eigenvalue weighted by atomic mass is 9.97. The second kappa shape index (κ2) is 9.21. The van der Waals surface area contributed by atoms with Crippen molar-refractivity contribution in [1.29, 1.82) is 0 Å². The van der Waals surface area contributed by atoms with Gasteiger partial charge in [-0.3, -0.25) is 4.90 Å². The lowest BCUT2D eigenvalue weighted by Crippen LogP contribution is -2.46. The summed E-state index contributed by atoms with van der Waals surface area (Å²) in [6.45, 7) is 13.3. The van der Waals surface area contributed by atoms with Crippen LogP contribution in [0.3, 0.4) is 0 Å². The normalized spacial score (nSPS) is 30.3. The van der Waals surface area contributed by atoms with Gasteiger partial charge >= 0.3 is 0 Å². The van der Waals surface area contributed by atoms with E-state index in [9.17, 15) is 0 Å². The minimum atomic E-state index is 0.913. The molecular weight excluding hydrogens is 274 g/mol. The van der Waals surface area contributed by atoms with Crippen LogP contribution in [0.2, 0.25) is 0 Å². The van der Waals surface area contributed by atoms with Crippen molar-refractivity contribution in [1.82, 2.24) is 14.7 Å². The summed E-state index contributed by atoms with van der Waals surface area (Å²) in [6, 6.07) is 0. The first kappa shape index (κ1) is 16.7. The second-order valence-electron chi connectivity index (χ2n) is 7.48. The van der Waals surface area contributed by atoms with Gasteiger partial charge in [0.2, 0.25) is 0 Å². The van der Waals surface area contributed by atoms with Gasteiger partial charge in [0.25, 0.3) is 0 Å². The highest BCUT2D eigenvalue weighted by atomic mass is 16.5. The van der Waals surface area contributed by atoms with Crippen LogP contribution in [0.4, 0.5) is 0 Å². The van der Waals surface area contributed by atoms with Crippen LogP contribution >= 0.6 is 0 Å². The fourth-order valence-electron chi connectivity index (χ4n) is 4.29. The summed E-state index contributed by atoms with van der Waals surface area (Å²) >= 11 is 0. The SMILES string of the molecule is C1CCCN(CC2CCCN(CCN3CCOCC3)C2)CC1. The molecule has 3 fully saturated rings. The molecule has 128 valence electrons. The van der Waals surface area contributed by atoms with E-state index in [2.05, 4.69) is 14.7 Å². The van der Waals surface area contributed by atoms with Gasteiger partial charge in [0.1, 0.15) is 0 Å². The molecule has 0 N–H and O–H groups in total. The van der Waals surface area contributed by atoms with Crippen LogP contribution in [0.5, 0.6) is 0 Å². The van der Waals surface area contributed by atoms with Crippen LogP contribution in [-0.2, 0) is 4.74 Å². The summed E-state index contributed by atoms with van der Waals surface area (Å²) in [5, 5.41) is 0. The molecule has 4 nitrogen and oxygen atoms in total. The van der Waals surface area contributed by atoms with E-state index in [0.717, 1.165) is 32.2 Å². The van der Waals surface area contributed by atoms with E-state index in [-0.39, 0.29) is 0 Å². The summed E-state index contributed by atoms with van der Waals surface area (Å²) in [5.41, 5.74) is 0. The van der Waals surface area contributed by atoms with E-state index in [0.29, 0.717) is 0 Å². The average Bonchev–Trinajstić information content (AvgIpc) is 2.83. The molecule has 0 amide bonds. The number of morpholine rings is 1. The highest BCUT2D eigenvalue weighted by molar-refractivity contribution is 4.78. The molecule has 0 aromatic heterocycles. The summed E-state index contributed by atoms with van der Waals surface area (Å²) < 4.78 is 5.44. The number of ether oxygens (including phenoxy) is 1. The molecule has 1 unspecified atom stereocenters. The topological polar surface area (TPSA) is 19.0 Å². The smallest absolute Gasteiger partial charge is 0.0594 e. The number of hydrogen-bond acceptors (Lipinski definition) is 4. The summed E-state index contributed by atoms with van der Waals surface area (Å²) in [7, 11) is 0. The van der Waals surface area contributed by atoms with Gasteiger partial charge in [0.05, 0.1) is 13.2 Å². The number of nitrogens with zero attached hydrogens (tertiary/aromatic N) is 3. The Morgan fingerprint density at radius 1 is 0.682 bits per heavy atom. The minimum absolute atomic E-state index is 0.913. The van der Waals surface area contributed by atoms with Crippen LogP contribution in [0, 0.1) is 5.92 Å². The Labute approximate surface area is 136 Å². The van der Waals surface area contributed by atoms with Gasteiger partial charge < -0.3 is 14.5 Å². The molecule has 0 saturated carbocycles. The number of hydrogen-bond donors (Lipinski definition) is 0. The molecule has 3 rings (SSSR count). The molecule has 4 heteroatoms. The second-order valence-corrected chi connectivity index (χ2v) is 7.48. The van der Waals surface area contributed by atoms with Gasteiger partial charge in [0, 0.05) is 39.3 Å². The Morgan fingerprint density at radius 3 is 2.14 bits per heavy atom. The molecule has 0 spiro atoms. The summed E-state index contributed by atoms with van der Waals surface area (Å²) in [5.74, 6) is 0.913. The highest BCUT2D eigenvalue weighted by Crippen LogP contribution is 2.19. The Hall–Kier alpha value is -0.160. The maximum Gasteiger partial charge on any atom is 0.0594 e. The molecule has 0 radical (unpaired) electrons. The number of piperidine rings is 1. The Bertz CT molecular complexity index is 299. The van der Waals surface area contributed by atoms with Crippen LogP contribution < -0.4 is 0 Å². The zero-order chi connectivity index (χ0) is 15.0. The minimum Gasteiger partial charge on any atom is -0.379 e. The molecule has 0 aromatic rings. The fraction of sp³-hybridized carbons (Fsp3) is 1.00. The molecular formula is C18H35N3O. The van der Waals surface area contributed by atoms with E-state index >= 15 is 0 Å². The standard InChI is InChI=1S/C18H35N3O/c1-2-4-8-20(7-3-1)16-18-6-5-9-21(17-18)11-10-19-12-14-22-15-13-19/h18H,1-17H2. The predicted octanol–water partition coefficient (Wildman–Crippen LogP) is 1.91. The maximum absolute atomic E-state index is 5.44. The first-order valence-corrected chi connectivity index (χ1v) is 9.65. The van der Waals surface area contributed by atoms with E-state index in [1.54, 1.807) is 0 Å². The van der Waals surface area contributed by atoms with Crippen molar-refractivity contribution < 1.29 is 4.74 Å². The predicted molar refractivity (Wildman–Crippen MR) is 91.3 cm³/mol.